The van der Waals surface area contributed by atoms with Crippen molar-refractivity contribution in [3.63, 3.8) is 0 Å². The van der Waals surface area contributed by atoms with Gasteiger partial charge in [0.2, 0.25) is 0 Å². The van der Waals surface area contributed by atoms with Crippen molar-refractivity contribution in [2.24, 2.45) is 0 Å². The standard InChI is InChI=1S/C14H16N2OS/c1-2-16-14(13-15-7-8-18-13)10-17-9-11-5-3-4-6-12(11)14/h3-8,16H,2,9-10H2,1H3. The van der Waals surface area contributed by atoms with Crippen LogP contribution in [-0.2, 0) is 16.9 Å². The van der Waals surface area contributed by atoms with E-state index >= 15 is 0 Å². The molecule has 0 radical (unpaired) electrons. The van der Waals surface area contributed by atoms with Crippen LogP contribution in [0.2, 0.25) is 0 Å². The number of nitrogens with one attached hydrogen (secondary N) is 1. The third-order valence-corrected chi connectivity index (χ3v) is 4.26. The Morgan fingerprint density at radius 3 is 3.11 bits per heavy atom. The van der Waals surface area contributed by atoms with E-state index in [1.54, 1.807) is 11.3 Å². The Kier molecular flexibility index (Phi) is 3.16. The summed E-state index contributed by atoms with van der Waals surface area (Å²) in [5, 5.41) is 6.68. The van der Waals surface area contributed by atoms with Crippen molar-refractivity contribution in [1.29, 1.82) is 0 Å². The van der Waals surface area contributed by atoms with Crippen LogP contribution in [0.25, 0.3) is 0 Å². The molecule has 2 aromatic rings. The summed E-state index contributed by atoms with van der Waals surface area (Å²) in [6, 6.07) is 8.46. The molecule has 0 saturated heterocycles. The molecule has 18 heavy (non-hydrogen) atoms. The number of benzene rings is 1. The van der Waals surface area contributed by atoms with Crippen LogP contribution >= 0.6 is 11.3 Å². The predicted octanol–water partition coefficient (Wildman–Crippen LogP) is 2.53. The van der Waals surface area contributed by atoms with Gasteiger partial charge < -0.3 is 10.1 Å². The normalized spacial score (nSPS) is 22.7. The number of thiazole rings is 1. The molecule has 0 spiro atoms. The van der Waals surface area contributed by atoms with Crippen molar-refractivity contribution in [3.05, 3.63) is 52.0 Å². The van der Waals surface area contributed by atoms with Gasteiger partial charge >= 0.3 is 0 Å². The molecule has 0 amide bonds. The molecule has 1 aliphatic rings. The Morgan fingerprint density at radius 1 is 1.44 bits per heavy atom. The minimum absolute atomic E-state index is 0.280. The molecular formula is C14H16N2OS. The number of hydrogen-bond donors (Lipinski definition) is 1. The van der Waals surface area contributed by atoms with Gasteiger partial charge in [-0.2, -0.15) is 0 Å². The lowest BCUT2D eigenvalue weighted by Crippen LogP contribution is -2.49. The second-order valence-corrected chi connectivity index (χ2v) is 5.32. The van der Waals surface area contributed by atoms with Gasteiger partial charge in [0.25, 0.3) is 0 Å². The molecule has 94 valence electrons. The molecule has 2 heterocycles. The molecule has 3 nitrogen and oxygen atoms in total. The van der Waals surface area contributed by atoms with Crippen LogP contribution in [0.15, 0.2) is 35.8 Å². The fourth-order valence-corrected chi connectivity index (χ4v) is 3.40. The summed E-state index contributed by atoms with van der Waals surface area (Å²) in [6.07, 6.45) is 1.86. The molecule has 1 aromatic heterocycles. The number of rotatable bonds is 3. The Hall–Kier alpha value is -1.23. The first-order chi connectivity index (χ1) is 8.87. The fraction of sp³-hybridized carbons (Fsp3) is 0.357. The Bertz CT molecular complexity index is 526. The number of hydrogen-bond acceptors (Lipinski definition) is 4. The second kappa shape index (κ2) is 4.80. The van der Waals surface area contributed by atoms with Crippen LogP contribution in [0, 0.1) is 0 Å². The molecule has 1 atom stereocenters. The number of aromatic nitrogens is 1. The first-order valence-corrected chi connectivity index (χ1v) is 7.06. The van der Waals surface area contributed by atoms with Crippen LogP contribution < -0.4 is 5.32 Å². The van der Waals surface area contributed by atoms with Crippen LogP contribution in [0.1, 0.15) is 23.1 Å². The first-order valence-electron chi connectivity index (χ1n) is 6.18. The summed E-state index contributed by atoms with van der Waals surface area (Å²) < 4.78 is 5.79. The van der Waals surface area contributed by atoms with E-state index in [-0.39, 0.29) is 5.54 Å². The monoisotopic (exact) mass is 260 g/mol. The molecule has 3 rings (SSSR count). The van der Waals surface area contributed by atoms with Gasteiger partial charge in [0.15, 0.2) is 0 Å². The minimum atomic E-state index is -0.280. The smallest absolute Gasteiger partial charge is 0.120 e. The summed E-state index contributed by atoms with van der Waals surface area (Å²) in [7, 11) is 0. The van der Waals surface area contributed by atoms with Crippen molar-refractivity contribution in [2.45, 2.75) is 19.1 Å². The van der Waals surface area contributed by atoms with Crippen molar-refractivity contribution in [2.75, 3.05) is 13.2 Å². The maximum absolute atomic E-state index is 5.79. The summed E-state index contributed by atoms with van der Waals surface area (Å²) in [5.74, 6) is 0. The largest absolute Gasteiger partial charge is 0.374 e. The topological polar surface area (TPSA) is 34.2 Å². The van der Waals surface area contributed by atoms with Crippen LogP contribution in [0.4, 0.5) is 0 Å². The molecule has 4 heteroatoms. The first kappa shape index (κ1) is 11.8. The summed E-state index contributed by atoms with van der Waals surface area (Å²) in [6.45, 7) is 4.34. The van der Waals surface area contributed by atoms with E-state index in [1.165, 1.54) is 11.1 Å². The lowest BCUT2D eigenvalue weighted by Gasteiger charge is -2.38. The van der Waals surface area contributed by atoms with Crippen molar-refractivity contribution in [3.8, 4) is 0 Å². The van der Waals surface area contributed by atoms with Gasteiger partial charge in [-0.1, -0.05) is 31.2 Å². The lowest BCUT2D eigenvalue weighted by molar-refractivity contribution is 0.0530. The van der Waals surface area contributed by atoms with E-state index in [0.29, 0.717) is 13.2 Å². The molecule has 1 N–H and O–H groups in total. The number of likely N-dealkylation sites (N-methyl/N-ethyl adjacent to an activating group) is 1. The van der Waals surface area contributed by atoms with E-state index in [0.717, 1.165) is 11.6 Å². The zero-order valence-electron chi connectivity index (χ0n) is 10.3. The molecule has 0 saturated carbocycles. The van der Waals surface area contributed by atoms with Crippen molar-refractivity contribution in [1.82, 2.24) is 10.3 Å². The molecular weight excluding hydrogens is 244 g/mol. The average molecular weight is 260 g/mol. The van der Waals surface area contributed by atoms with Crippen LogP contribution in [0.5, 0.6) is 0 Å². The van der Waals surface area contributed by atoms with Gasteiger partial charge in [-0.05, 0) is 17.7 Å². The van der Waals surface area contributed by atoms with E-state index in [2.05, 4.69) is 41.5 Å². The molecule has 1 unspecified atom stereocenters. The summed E-state index contributed by atoms with van der Waals surface area (Å²) in [5.41, 5.74) is 2.27. The van der Waals surface area contributed by atoms with E-state index < -0.39 is 0 Å². The van der Waals surface area contributed by atoms with Gasteiger partial charge in [-0.3, -0.25) is 0 Å². The summed E-state index contributed by atoms with van der Waals surface area (Å²) in [4.78, 5) is 4.51. The third-order valence-electron chi connectivity index (χ3n) is 3.33. The van der Waals surface area contributed by atoms with E-state index in [1.807, 2.05) is 11.6 Å². The molecule has 0 aliphatic carbocycles. The van der Waals surface area contributed by atoms with Gasteiger partial charge in [0.05, 0.1) is 13.2 Å². The summed E-state index contributed by atoms with van der Waals surface area (Å²) >= 11 is 1.68. The maximum Gasteiger partial charge on any atom is 0.120 e. The van der Waals surface area contributed by atoms with Crippen molar-refractivity contribution >= 4 is 11.3 Å². The molecule has 1 aliphatic heterocycles. The van der Waals surface area contributed by atoms with E-state index in [9.17, 15) is 0 Å². The Labute approximate surface area is 111 Å². The predicted molar refractivity (Wildman–Crippen MR) is 72.7 cm³/mol. The van der Waals surface area contributed by atoms with Gasteiger partial charge in [0, 0.05) is 11.6 Å². The molecule has 1 aromatic carbocycles. The van der Waals surface area contributed by atoms with Gasteiger partial charge in [-0.25, -0.2) is 4.98 Å². The fourth-order valence-electron chi connectivity index (χ4n) is 2.59. The highest BCUT2D eigenvalue weighted by Crippen LogP contribution is 2.37. The SMILES string of the molecule is CCNC1(c2nccs2)COCc2ccccc21. The quantitative estimate of drug-likeness (QED) is 0.921. The van der Waals surface area contributed by atoms with E-state index in [4.69, 9.17) is 4.74 Å². The number of fused-ring (bicyclic) bond motifs is 1. The molecule has 0 fully saturated rings. The average Bonchev–Trinajstić information content (AvgIpc) is 2.94. The maximum atomic E-state index is 5.79. The number of nitrogens with zero attached hydrogens (tertiary/aromatic N) is 1. The second-order valence-electron chi connectivity index (χ2n) is 4.42. The number of ether oxygens (including phenoxy) is 1. The van der Waals surface area contributed by atoms with Gasteiger partial charge in [-0.15, -0.1) is 11.3 Å². The van der Waals surface area contributed by atoms with Crippen molar-refractivity contribution < 1.29 is 4.74 Å². The van der Waals surface area contributed by atoms with Crippen LogP contribution in [-0.4, -0.2) is 18.1 Å². The highest BCUT2D eigenvalue weighted by atomic mass is 32.1. The Balaban J connectivity index is 2.17. The highest BCUT2D eigenvalue weighted by molar-refractivity contribution is 7.09. The highest BCUT2D eigenvalue weighted by Gasteiger charge is 2.40. The zero-order chi connectivity index (χ0) is 12.4. The Morgan fingerprint density at radius 2 is 2.33 bits per heavy atom. The van der Waals surface area contributed by atoms with Gasteiger partial charge in [0.1, 0.15) is 10.5 Å². The third kappa shape index (κ3) is 1.77. The minimum Gasteiger partial charge on any atom is -0.374 e. The lowest BCUT2D eigenvalue weighted by atomic mass is 9.85. The van der Waals surface area contributed by atoms with Crippen LogP contribution in [0.3, 0.4) is 0 Å². The zero-order valence-corrected chi connectivity index (χ0v) is 11.2. The molecule has 0 bridgehead atoms.